The molecule has 2 aliphatic heterocycles. The third-order valence-electron chi connectivity index (χ3n) is 7.36. The average Bonchev–Trinajstić information content (AvgIpc) is 2.96. The highest BCUT2D eigenvalue weighted by Crippen LogP contribution is 2.45. The van der Waals surface area contributed by atoms with E-state index < -0.39 is 96.2 Å². The Morgan fingerprint density at radius 2 is 1.64 bits per heavy atom. The summed E-state index contributed by atoms with van der Waals surface area (Å²) in [5.41, 5.74) is -1.26. The van der Waals surface area contributed by atoms with Crippen molar-refractivity contribution in [3.05, 3.63) is 46.1 Å². The number of methoxy groups -OCH3 is 1. The normalized spacial score (nSPS) is 31.7. The largest absolute Gasteiger partial charge is 0.507 e. The second kappa shape index (κ2) is 11.6. The van der Waals surface area contributed by atoms with Crippen LogP contribution in [-0.2, 0) is 14.2 Å². The lowest BCUT2D eigenvalue weighted by atomic mass is 9.89. The third kappa shape index (κ3) is 5.15. The van der Waals surface area contributed by atoms with Gasteiger partial charge in [-0.2, -0.15) is 0 Å². The summed E-state index contributed by atoms with van der Waals surface area (Å²) in [7, 11) is 1.31. The van der Waals surface area contributed by atoms with E-state index in [4.69, 9.17) is 23.4 Å². The van der Waals surface area contributed by atoms with Gasteiger partial charge in [0.1, 0.15) is 71.5 Å². The molecule has 2 aliphatic rings. The van der Waals surface area contributed by atoms with Crippen molar-refractivity contribution >= 4 is 11.0 Å². The Morgan fingerprint density at radius 1 is 0.905 bits per heavy atom. The number of aromatic hydroxyl groups is 3. The smallest absolute Gasteiger partial charge is 0.197 e. The van der Waals surface area contributed by atoms with Crippen molar-refractivity contribution in [2.45, 2.75) is 55.1 Å². The summed E-state index contributed by atoms with van der Waals surface area (Å²) in [4.78, 5) is 13.2. The lowest BCUT2D eigenvalue weighted by Crippen LogP contribution is -2.60. The second-order valence-electron chi connectivity index (χ2n) is 10.0. The van der Waals surface area contributed by atoms with Gasteiger partial charge in [0, 0.05) is 17.7 Å². The third-order valence-corrected chi connectivity index (χ3v) is 7.36. The molecule has 9 N–H and O–H groups in total. The number of phenols is 3. The van der Waals surface area contributed by atoms with Gasteiger partial charge in [-0.1, -0.05) is 0 Å². The SMILES string of the molecule is COc1cc(-c2cc(=O)c3c(O)cc(O)c(C4OC(CO)C(O)C(O)C4OC4OCC(O)C(O)C4O)c3o2)ccc1O. The number of hydrogen-bond donors (Lipinski definition) is 9. The van der Waals surface area contributed by atoms with Crippen LogP contribution in [0.5, 0.6) is 23.0 Å². The van der Waals surface area contributed by atoms with Crippen molar-refractivity contribution < 1.29 is 69.3 Å². The predicted molar refractivity (Wildman–Crippen MR) is 139 cm³/mol. The summed E-state index contributed by atoms with van der Waals surface area (Å²) in [5.74, 6) is -1.58. The van der Waals surface area contributed by atoms with Crippen molar-refractivity contribution in [2.75, 3.05) is 20.3 Å². The minimum Gasteiger partial charge on any atom is -0.507 e. The second-order valence-corrected chi connectivity index (χ2v) is 10.0. The minimum absolute atomic E-state index is 0.0551. The molecule has 3 heterocycles. The standard InChI is InChI=1S/C27H30O15/c1-38-16-4-9(2-3-10(16)29)15-6-13(32)18-11(30)5-12(31)19(24(18)40-15)25-26(22(36)21(35)17(7-28)41-25)42-27-23(37)20(34)14(33)8-39-27/h2-6,14,17,20-23,25-31,33-37H,7-8H2,1H3. The molecular weight excluding hydrogens is 564 g/mol. The molecule has 228 valence electrons. The first-order chi connectivity index (χ1) is 20.0. The molecule has 9 atom stereocenters. The van der Waals surface area contributed by atoms with E-state index >= 15 is 0 Å². The van der Waals surface area contributed by atoms with Gasteiger partial charge in [0.05, 0.1) is 25.9 Å². The van der Waals surface area contributed by atoms with Crippen molar-refractivity contribution in [2.24, 2.45) is 0 Å². The maximum atomic E-state index is 13.2. The molecule has 2 saturated heterocycles. The van der Waals surface area contributed by atoms with Gasteiger partial charge in [-0.3, -0.25) is 4.79 Å². The van der Waals surface area contributed by atoms with Gasteiger partial charge >= 0.3 is 0 Å². The van der Waals surface area contributed by atoms with Crippen LogP contribution in [0.3, 0.4) is 0 Å². The molecule has 9 unspecified atom stereocenters. The molecule has 1 aromatic heterocycles. The Bertz CT molecular complexity index is 1510. The average molecular weight is 595 g/mol. The van der Waals surface area contributed by atoms with Crippen LogP contribution in [0, 0.1) is 0 Å². The maximum absolute atomic E-state index is 13.2. The summed E-state index contributed by atoms with van der Waals surface area (Å²) in [5, 5.41) is 92.9. The summed E-state index contributed by atoms with van der Waals surface area (Å²) in [6.45, 7) is -1.26. The number of rotatable bonds is 6. The molecule has 2 fully saturated rings. The summed E-state index contributed by atoms with van der Waals surface area (Å²) in [6.07, 6.45) is -15.0. The van der Waals surface area contributed by atoms with Crippen LogP contribution in [0.25, 0.3) is 22.3 Å². The predicted octanol–water partition coefficient (Wildman–Crippen LogP) is -1.44. The van der Waals surface area contributed by atoms with Gasteiger partial charge in [-0.25, -0.2) is 0 Å². The van der Waals surface area contributed by atoms with Gasteiger partial charge in [-0.05, 0) is 18.2 Å². The van der Waals surface area contributed by atoms with Crippen LogP contribution in [-0.4, -0.2) is 115 Å². The molecule has 3 aromatic rings. The molecule has 0 aliphatic carbocycles. The highest BCUT2D eigenvalue weighted by molar-refractivity contribution is 5.89. The van der Waals surface area contributed by atoms with Gasteiger partial charge in [0.25, 0.3) is 0 Å². The fourth-order valence-corrected chi connectivity index (χ4v) is 5.10. The first-order valence-corrected chi connectivity index (χ1v) is 12.8. The highest BCUT2D eigenvalue weighted by Gasteiger charge is 2.50. The lowest BCUT2D eigenvalue weighted by molar-refractivity contribution is -0.325. The Balaban J connectivity index is 1.68. The fraction of sp³-hybridized carbons (Fsp3) is 0.444. The Kier molecular flexibility index (Phi) is 8.30. The van der Waals surface area contributed by atoms with E-state index in [0.29, 0.717) is 0 Å². The zero-order valence-corrected chi connectivity index (χ0v) is 22.0. The molecule has 5 rings (SSSR count). The maximum Gasteiger partial charge on any atom is 0.197 e. The van der Waals surface area contributed by atoms with E-state index in [1.54, 1.807) is 0 Å². The van der Waals surface area contributed by atoms with E-state index in [-0.39, 0.29) is 28.4 Å². The van der Waals surface area contributed by atoms with Crippen LogP contribution >= 0.6 is 0 Å². The van der Waals surface area contributed by atoms with Gasteiger partial charge in [0.2, 0.25) is 0 Å². The van der Waals surface area contributed by atoms with E-state index in [2.05, 4.69) is 0 Å². The summed E-state index contributed by atoms with van der Waals surface area (Å²) < 4.78 is 27.9. The van der Waals surface area contributed by atoms with E-state index in [1.165, 1.54) is 25.3 Å². The zero-order chi connectivity index (χ0) is 30.5. The van der Waals surface area contributed by atoms with E-state index in [1.807, 2.05) is 0 Å². The quantitative estimate of drug-likeness (QED) is 0.159. The van der Waals surface area contributed by atoms with Gasteiger partial charge < -0.3 is 69.3 Å². The molecule has 0 radical (unpaired) electrons. The Hall–Kier alpha value is -3.51. The number of aliphatic hydroxyl groups excluding tert-OH is 6. The van der Waals surface area contributed by atoms with E-state index in [9.17, 15) is 50.8 Å². The molecule has 0 saturated carbocycles. The lowest BCUT2D eigenvalue weighted by Gasteiger charge is -2.45. The number of fused-ring (bicyclic) bond motifs is 1. The Morgan fingerprint density at radius 3 is 2.33 bits per heavy atom. The first-order valence-electron chi connectivity index (χ1n) is 12.8. The molecule has 42 heavy (non-hydrogen) atoms. The topological polar surface area (TPSA) is 249 Å². The fourth-order valence-electron chi connectivity index (χ4n) is 5.10. The molecule has 2 aromatic carbocycles. The first kappa shape index (κ1) is 30.0. The number of aliphatic hydroxyl groups is 6. The van der Waals surface area contributed by atoms with E-state index in [0.717, 1.165) is 12.1 Å². The van der Waals surface area contributed by atoms with Crippen LogP contribution < -0.4 is 10.2 Å². The molecule has 15 nitrogen and oxygen atoms in total. The monoisotopic (exact) mass is 594 g/mol. The minimum atomic E-state index is -1.86. The van der Waals surface area contributed by atoms with Gasteiger partial charge in [0.15, 0.2) is 28.8 Å². The molecule has 15 heteroatoms. The Labute approximate surface area is 236 Å². The highest BCUT2D eigenvalue weighted by atomic mass is 16.7. The van der Waals surface area contributed by atoms with Crippen LogP contribution in [0.4, 0.5) is 0 Å². The molecule has 0 bridgehead atoms. The van der Waals surface area contributed by atoms with Crippen molar-refractivity contribution in [3.63, 3.8) is 0 Å². The zero-order valence-electron chi connectivity index (χ0n) is 22.0. The van der Waals surface area contributed by atoms with Crippen LogP contribution in [0.1, 0.15) is 11.7 Å². The molecular formula is C27H30O15. The number of hydrogen-bond acceptors (Lipinski definition) is 15. The molecule has 0 spiro atoms. The number of phenolic OH excluding ortho intramolecular Hbond substituents is 3. The number of ether oxygens (including phenoxy) is 4. The van der Waals surface area contributed by atoms with Gasteiger partial charge in [-0.15, -0.1) is 0 Å². The summed E-state index contributed by atoms with van der Waals surface area (Å²) >= 11 is 0. The van der Waals surface area contributed by atoms with Crippen LogP contribution in [0.15, 0.2) is 39.5 Å². The number of benzene rings is 2. The van der Waals surface area contributed by atoms with Crippen molar-refractivity contribution in [1.82, 2.24) is 0 Å². The summed E-state index contributed by atoms with van der Waals surface area (Å²) in [6, 6.07) is 5.96. The van der Waals surface area contributed by atoms with Crippen molar-refractivity contribution in [3.8, 4) is 34.3 Å². The molecule has 0 amide bonds. The van der Waals surface area contributed by atoms with Crippen LogP contribution in [0.2, 0.25) is 0 Å². The van der Waals surface area contributed by atoms with Crippen molar-refractivity contribution in [1.29, 1.82) is 0 Å².